The summed E-state index contributed by atoms with van der Waals surface area (Å²) in [7, 11) is 1.19. The van der Waals surface area contributed by atoms with E-state index in [-0.39, 0.29) is 11.2 Å². The summed E-state index contributed by atoms with van der Waals surface area (Å²) in [6.07, 6.45) is 0. The minimum absolute atomic E-state index is 0.377. The second-order valence-electron chi connectivity index (χ2n) is 7.78. The largest absolute Gasteiger partial charge is 0.500 e. The first kappa shape index (κ1) is 18.5. The van der Waals surface area contributed by atoms with Crippen molar-refractivity contribution < 1.29 is 14.0 Å². The van der Waals surface area contributed by atoms with Gasteiger partial charge in [0, 0.05) is 31.6 Å². The molecule has 0 aromatic carbocycles. The van der Waals surface area contributed by atoms with Gasteiger partial charge in [-0.05, 0) is 40.3 Å². The van der Waals surface area contributed by atoms with Gasteiger partial charge in [-0.2, -0.15) is 4.98 Å². The molecule has 2 aliphatic rings. The minimum Gasteiger partial charge on any atom is -0.481 e. The van der Waals surface area contributed by atoms with Crippen LogP contribution in [0.5, 0.6) is 5.88 Å². The van der Waals surface area contributed by atoms with E-state index in [0.29, 0.717) is 5.88 Å². The van der Waals surface area contributed by atoms with Crippen LogP contribution in [0.25, 0.3) is 0 Å². The first-order valence-corrected chi connectivity index (χ1v) is 9.15. The van der Waals surface area contributed by atoms with Crippen LogP contribution in [0.15, 0.2) is 12.1 Å². The zero-order valence-electron chi connectivity index (χ0n) is 16.3. The summed E-state index contributed by atoms with van der Waals surface area (Å²) in [5.41, 5.74) is 0.0902. The highest BCUT2D eigenvalue weighted by molar-refractivity contribution is 6.63. The molecule has 1 aromatic rings. The van der Waals surface area contributed by atoms with Crippen molar-refractivity contribution in [1.29, 1.82) is 0 Å². The number of rotatable bonds is 4. The molecule has 2 aliphatic heterocycles. The van der Waals surface area contributed by atoms with E-state index in [1.165, 1.54) is 0 Å². The Morgan fingerprint density at radius 2 is 1.68 bits per heavy atom. The number of hydrogen-bond acceptors (Lipinski definition) is 6. The van der Waals surface area contributed by atoms with E-state index in [2.05, 4.69) is 44.4 Å². The van der Waals surface area contributed by atoms with Crippen molar-refractivity contribution in [3.63, 3.8) is 0 Å². The fourth-order valence-electron chi connectivity index (χ4n) is 3.22. The van der Waals surface area contributed by atoms with Gasteiger partial charge in [0.15, 0.2) is 0 Å². The number of anilines is 1. The lowest BCUT2D eigenvalue weighted by atomic mass is 9.79. The van der Waals surface area contributed by atoms with E-state index in [1.54, 1.807) is 7.11 Å². The normalized spacial score (nSPS) is 23.1. The average Bonchev–Trinajstić information content (AvgIpc) is 2.82. The standard InChI is InChI=1S/C18H30BN3O3/c1-7-21-10-12-22(13-11-21)15-9-8-14(16(20-15)23-6)19-24-17(2,3)18(4,5)25-19/h8-9H,7,10-13H2,1-6H3. The van der Waals surface area contributed by atoms with Crippen LogP contribution in [0.4, 0.5) is 5.82 Å². The van der Waals surface area contributed by atoms with Crippen molar-refractivity contribution in [2.75, 3.05) is 44.7 Å². The predicted molar refractivity (Wildman–Crippen MR) is 101 cm³/mol. The van der Waals surface area contributed by atoms with Crippen molar-refractivity contribution in [1.82, 2.24) is 9.88 Å². The van der Waals surface area contributed by atoms with Crippen molar-refractivity contribution in [3.05, 3.63) is 12.1 Å². The Labute approximate surface area is 151 Å². The fraction of sp³-hybridized carbons (Fsp3) is 0.722. The summed E-state index contributed by atoms with van der Waals surface area (Å²) in [6.45, 7) is 15.6. The van der Waals surface area contributed by atoms with Crippen molar-refractivity contribution in [2.45, 2.75) is 45.8 Å². The molecular weight excluding hydrogens is 317 g/mol. The first-order valence-electron chi connectivity index (χ1n) is 9.15. The van der Waals surface area contributed by atoms with Crippen molar-refractivity contribution >= 4 is 18.4 Å². The zero-order valence-corrected chi connectivity index (χ0v) is 16.3. The van der Waals surface area contributed by atoms with Crippen LogP contribution in [0, 0.1) is 0 Å². The van der Waals surface area contributed by atoms with Gasteiger partial charge in [-0.1, -0.05) is 13.0 Å². The smallest absolute Gasteiger partial charge is 0.481 e. The second-order valence-corrected chi connectivity index (χ2v) is 7.78. The summed E-state index contributed by atoms with van der Waals surface area (Å²) < 4.78 is 17.8. The number of piperazine rings is 1. The number of methoxy groups -OCH3 is 1. The Morgan fingerprint density at radius 1 is 1.08 bits per heavy atom. The molecule has 0 radical (unpaired) electrons. The van der Waals surface area contributed by atoms with Crippen LogP contribution in [0.3, 0.4) is 0 Å². The summed E-state index contributed by atoms with van der Waals surface area (Å²) in [5.74, 6) is 1.53. The lowest BCUT2D eigenvalue weighted by molar-refractivity contribution is 0.00578. The summed E-state index contributed by atoms with van der Waals surface area (Å²) >= 11 is 0. The van der Waals surface area contributed by atoms with Crippen molar-refractivity contribution in [2.24, 2.45) is 0 Å². The number of nitrogens with zero attached hydrogens (tertiary/aromatic N) is 3. The van der Waals surface area contributed by atoms with Crippen molar-refractivity contribution in [3.8, 4) is 5.88 Å². The van der Waals surface area contributed by atoms with Crippen LogP contribution in [0.1, 0.15) is 34.6 Å². The Balaban J connectivity index is 1.79. The molecule has 1 aromatic heterocycles. The van der Waals surface area contributed by atoms with Gasteiger partial charge in [-0.15, -0.1) is 0 Å². The number of ether oxygens (including phenoxy) is 1. The Hall–Kier alpha value is -1.31. The van der Waals surface area contributed by atoms with Gasteiger partial charge in [-0.25, -0.2) is 0 Å². The summed E-state index contributed by atoms with van der Waals surface area (Å²) in [6, 6.07) is 4.07. The predicted octanol–water partition coefficient (Wildman–Crippen LogP) is 1.53. The molecule has 0 saturated carbocycles. The Bertz CT molecular complexity index is 600. The Morgan fingerprint density at radius 3 is 2.20 bits per heavy atom. The fourth-order valence-corrected chi connectivity index (χ4v) is 3.22. The number of likely N-dealkylation sites (N-methyl/N-ethyl adjacent to an activating group) is 1. The van der Waals surface area contributed by atoms with Gasteiger partial charge in [0.2, 0.25) is 5.88 Å². The monoisotopic (exact) mass is 347 g/mol. The zero-order chi connectivity index (χ0) is 18.2. The molecule has 7 heteroatoms. The molecule has 0 bridgehead atoms. The average molecular weight is 347 g/mol. The van der Waals surface area contributed by atoms with E-state index in [0.717, 1.165) is 44.0 Å². The molecule has 25 heavy (non-hydrogen) atoms. The van der Waals surface area contributed by atoms with E-state index >= 15 is 0 Å². The van der Waals surface area contributed by atoms with E-state index in [9.17, 15) is 0 Å². The highest BCUT2D eigenvalue weighted by Gasteiger charge is 2.52. The lowest BCUT2D eigenvalue weighted by Gasteiger charge is -2.35. The van der Waals surface area contributed by atoms with Gasteiger partial charge in [0.05, 0.1) is 18.3 Å². The van der Waals surface area contributed by atoms with Crippen LogP contribution in [-0.4, -0.2) is 68.0 Å². The molecule has 0 atom stereocenters. The van der Waals surface area contributed by atoms with Crippen LogP contribution < -0.4 is 15.1 Å². The highest BCUT2D eigenvalue weighted by atomic mass is 16.7. The maximum Gasteiger partial charge on any atom is 0.500 e. The van der Waals surface area contributed by atoms with Gasteiger partial charge in [0.1, 0.15) is 5.82 Å². The van der Waals surface area contributed by atoms with Gasteiger partial charge >= 0.3 is 7.12 Å². The molecule has 2 saturated heterocycles. The minimum atomic E-state index is -0.460. The highest BCUT2D eigenvalue weighted by Crippen LogP contribution is 2.37. The van der Waals surface area contributed by atoms with Gasteiger partial charge < -0.3 is 23.8 Å². The van der Waals surface area contributed by atoms with Crippen LogP contribution in [-0.2, 0) is 9.31 Å². The first-order chi connectivity index (χ1) is 11.8. The molecule has 0 amide bonds. The third-order valence-electron chi connectivity index (χ3n) is 5.72. The van der Waals surface area contributed by atoms with Gasteiger partial charge in [-0.3, -0.25) is 0 Å². The Kier molecular flexibility index (Phi) is 5.01. The number of aromatic nitrogens is 1. The third-order valence-corrected chi connectivity index (χ3v) is 5.72. The van der Waals surface area contributed by atoms with E-state index < -0.39 is 7.12 Å². The maximum absolute atomic E-state index is 6.14. The molecule has 6 nitrogen and oxygen atoms in total. The molecule has 0 spiro atoms. The maximum atomic E-state index is 6.14. The van der Waals surface area contributed by atoms with E-state index in [1.807, 2.05) is 12.1 Å². The molecular formula is C18H30BN3O3. The molecule has 2 fully saturated rings. The quantitative estimate of drug-likeness (QED) is 0.770. The summed E-state index contributed by atoms with van der Waals surface area (Å²) in [4.78, 5) is 9.49. The topological polar surface area (TPSA) is 47.1 Å². The van der Waals surface area contributed by atoms with Crippen LogP contribution in [0.2, 0.25) is 0 Å². The molecule has 0 N–H and O–H groups in total. The lowest BCUT2D eigenvalue weighted by Crippen LogP contribution is -2.46. The van der Waals surface area contributed by atoms with Crippen LogP contribution >= 0.6 is 0 Å². The third kappa shape index (κ3) is 3.50. The SMILES string of the molecule is CCN1CCN(c2ccc(B3OC(C)(C)C(C)(C)O3)c(OC)n2)CC1. The number of hydrogen-bond donors (Lipinski definition) is 0. The molecule has 0 unspecified atom stereocenters. The second kappa shape index (κ2) is 6.78. The summed E-state index contributed by atoms with van der Waals surface area (Å²) in [5, 5.41) is 0. The molecule has 3 rings (SSSR count). The molecule has 0 aliphatic carbocycles. The van der Waals surface area contributed by atoms with Gasteiger partial charge in [0.25, 0.3) is 0 Å². The molecule has 3 heterocycles. The number of pyridine rings is 1. The molecule has 138 valence electrons. The van der Waals surface area contributed by atoms with E-state index in [4.69, 9.17) is 19.0 Å².